The molecule has 0 atom stereocenters. The molecule has 4 rings (SSSR count). The first kappa shape index (κ1) is 19.0. The van der Waals surface area contributed by atoms with Crippen LogP contribution in [0.15, 0.2) is 28.8 Å². The number of nitrogens with one attached hydrogen (secondary N) is 1. The van der Waals surface area contributed by atoms with E-state index in [0.29, 0.717) is 48.5 Å². The molecule has 1 aromatic carbocycles. The van der Waals surface area contributed by atoms with E-state index in [0.717, 1.165) is 16.9 Å². The maximum absolute atomic E-state index is 12.7. The lowest BCUT2D eigenvalue weighted by Crippen LogP contribution is -2.46. The number of fused-ring (bicyclic) bond motifs is 1. The van der Waals surface area contributed by atoms with Crippen LogP contribution in [-0.4, -0.2) is 51.0 Å². The smallest absolute Gasteiger partial charge is 0.276 e. The van der Waals surface area contributed by atoms with Crippen molar-refractivity contribution < 1.29 is 14.1 Å². The highest BCUT2D eigenvalue weighted by Gasteiger charge is 2.26. The van der Waals surface area contributed by atoms with Crippen molar-refractivity contribution in [1.82, 2.24) is 25.3 Å². The van der Waals surface area contributed by atoms with E-state index in [9.17, 15) is 9.59 Å². The average molecular weight is 393 g/mol. The molecule has 1 N–H and O–H groups in total. The number of likely N-dealkylation sites (tertiary alicyclic amines) is 1. The van der Waals surface area contributed by atoms with Gasteiger partial charge in [-0.3, -0.25) is 9.59 Å². The number of piperidine rings is 1. The largest absolute Gasteiger partial charge is 0.361 e. The Bertz CT molecular complexity index is 1080. The molecule has 150 valence electrons. The van der Waals surface area contributed by atoms with E-state index < -0.39 is 0 Å². The van der Waals surface area contributed by atoms with Gasteiger partial charge in [-0.05, 0) is 51.8 Å². The summed E-state index contributed by atoms with van der Waals surface area (Å²) in [4.78, 5) is 35.9. The van der Waals surface area contributed by atoms with Gasteiger partial charge in [0.25, 0.3) is 11.8 Å². The Kier molecular flexibility index (Phi) is 5.00. The van der Waals surface area contributed by atoms with Gasteiger partial charge in [0.1, 0.15) is 5.76 Å². The average Bonchev–Trinajstić information content (AvgIpc) is 3.15. The Hall–Kier alpha value is -3.29. The van der Waals surface area contributed by atoms with Crippen molar-refractivity contribution in [2.75, 3.05) is 13.1 Å². The molecule has 1 fully saturated rings. The van der Waals surface area contributed by atoms with Crippen LogP contribution in [0.25, 0.3) is 11.0 Å². The monoisotopic (exact) mass is 393 g/mol. The number of hydrogen-bond donors (Lipinski definition) is 1. The highest BCUT2D eigenvalue weighted by atomic mass is 16.5. The summed E-state index contributed by atoms with van der Waals surface area (Å²) >= 11 is 0. The third-order valence-corrected chi connectivity index (χ3v) is 5.30. The summed E-state index contributed by atoms with van der Waals surface area (Å²) in [5.74, 6) is 0.343. The predicted molar refractivity (Wildman–Crippen MR) is 107 cm³/mol. The molecule has 1 saturated heterocycles. The summed E-state index contributed by atoms with van der Waals surface area (Å²) in [6.45, 7) is 6.72. The van der Waals surface area contributed by atoms with Crippen LogP contribution in [0.3, 0.4) is 0 Å². The summed E-state index contributed by atoms with van der Waals surface area (Å²) in [6.07, 6.45) is 1.39. The first-order valence-electron chi connectivity index (χ1n) is 9.69. The second-order valence-corrected chi connectivity index (χ2v) is 7.46. The van der Waals surface area contributed by atoms with Gasteiger partial charge < -0.3 is 14.7 Å². The van der Waals surface area contributed by atoms with Crippen molar-refractivity contribution in [3.8, 4) is 0 Å². The third-order valence-electron chi connectivity index (χ3n) is 5.30. The number of amides is 2. The summed E-state index contributed by atoms with van der Waals surface area (Å²) in [5, 5.41) is 6.86. The third kappa shape index (κ3) is 3.96. The van der Waals surface area contributed by atoms with E-state index in [1.54, 1.807) is 30.0 Å². The van der Waals surface area contributed by atoms with Gasteiger partial charge in [0, 0.05) is 30.8 Å². The fourth-order valence-corrected chi connectivity index (χ4v) is 3.50. The molecule has 1 aliphatic heterocycles. The number of carbonyl (C=O) groups is 2. The molecule has 8 nitrogen and oxygen atoms in total. The first-order chi connectivity index (χ1) is 13.9. The minimum atomic E-state index is -0.135. The van der Waals surface area contributed by atoms with Crippen molar-refractivity contribution in [1.29, 1.82) is 0 Å². The lowest BCUT2D eigenvalue weighted by molar-refractivity contribution is 0.0688. The van der Waals surface area contributed by atoms with E-state index >= 15 is 0 Å². The standard InChI is InChI=1S/C21H23N5O3/c1-12-10-19(25-29-12)21(28)26-8-6-16(7-9-26)24-20(27)15-4-5-17-18(11-15)23-14(3)13(2)22-17/h4-5,10-11,16H,6-9H2,1-3H3,(H,24,27). The van der Waals surface area contributed by atoms with E-state index in [2.05, 4.69) is 20.4 Å². The van der Waals surface area contributed by atoms with Gasteiger partial charge in [-0.2, -0.15) is 0 Å². The summed E-state index contributed by atoms with van der Waals surface area (Å²) in [5.41, 5.74) is 4.12. The SMILES string of the molecule is Cc1cc(C(=O)N2CCC(NC(=O)c3ccc4nc(C)c(C)nc4c3)CC2)no1. The highest BCUT2D eigenvalue weighted by molar-refractivity contribution is 5.97. The molecular weight excluding hydrogens is 370 g/mol. The van der Waals surface area contributed by atoms with Gasteiger partial charge in [0.2, 0.25) is 0 Å². The van der Waals surface area contributed by atoms with E-state index in [1.165, 1.54) is 0 Å². The molecule has 29 heavy (non-hydrogen) atoms. The second-order valence-electron chi connectivity index (χ2n) is 7.46. The van der Waals surface area contributed by atoms with Crippen molar-refractivity contribution in [2.45, 2.75) is 39.7 Å². The van der Waals surface area contributed by atoms with E-state index in [4.69, 9.17) is 4.52 Å². The summed E-state index contributed by atoms with van der Waals surface area (Å²) < 4.78 is 4.98. The van der Waals surface area contributed by atoms with E-state index in [1.807, 2.05) is 19.9 Å². The van der Waals surface area contributed by atoms with Crippen LogP contribution in [0, 0.1) is 20.8 Å². The maximum Gasteiger partial charge on any atom is 0.276 e. The number of hydrogen-bond acceptors (Lipinski definition) is 6. The summed E-state index contributed by atoms with van der Waals surface area (Å²) in [6, 6.07) is 7.03. The molecule has 0 unspecified atom stereocenters. The van der Waals surface area contributed by atoms with Crippen LogP contribution in [0.1, 0.15) is 50.8 Å². The molecule has 3 aromatic rings. The molecule has 3 heterocycles. The summed E-state index contributed by atoms with van der Waals surface area (Å²) in [7, 11) is 0. The Morgan fingerprint density at radius 2 is 1.72 bits per heavy atom. The van der Waals surface area contributed by atoms with Crippen LogP contribution in [-0.2, 0) is 0 Å². The molecule has 0 spiro atoms. The zero-order valence-electron chi connectivity index (χ0n) is 16.7. The molecule has 0 saturated carbocycles. The number of carbonyl (C=O) groups excluding carboxylic acids is 2. The van der Waals surface area contributed by atoms with Gasteiger partial charge in [0.05, 0.1) is 22.4 Å². The van der Waals surface area contributed by atoms with Crippen LogP contribution in [0.2, 0.25) is 0 Å². The molecule has 8 heteroatoms. The van der Waals surface area contributed by atoms with Gasteiger partial charge in [-0.15, -0.1) is 0 Å². The Labute approximate surface area is 168 Å². The molecule has 2 aromatic heterocycles. The van der Waals surface area contributed by atoms with Crippen molar-refractivity contribution in [3.05, 3.63) is 52.7 Å². The minimum Gasteiger partial charge on any atom is -0.361 e. The molecule has 1 aliphatic rings. The fourth-order valence-electron chi connectivity index (χ4n) is 3.50. The molecule has 0 aliphatic carbocycles. The number of aromatic nitrogens is 3. The minimum absolute atomic E-state index is 0.0205. The lowest BCUT2D eigenvalue weighted by atomic mass is 10.0. The predicted octanol–water partition coefficient (Wildman–Crippen LogP) is 2.58. The van der Waals surface area contributed by atoms with Gasteiger partial charge in [-0.1, -0.05) is 5.16 Å². The number of aryl methyl sites for hydroxylation is 3. The second kappa shape index (κ2) is 7.62. The Balaban J connectivity index is 1.38. The van der Waals surface area contributed by atoms with E-state index in [-0.39, 0.29) is 17.9 Å². The number of nitrogens with zero attached hydrogens (tertiary/aromatic N) is 4. The first-order valence-corrected chi connectivity index (χ1v) is 9.69. The number of benzene rings is 1. The number of rotatable bonds is 3. The Morgan fingerprint density at radius 1 is 1.03 bits per heavy atom. The van der Waals surface area contributed by atoms with Crippen molar-refractivity contribution in [2.24, 2.45) is 0 Å². The van der Waals surface area contributed by atoms with Gasteiger partial charge >= 0.3 is 0 Å². The highest BCUT2D eigenvalue weighted by Crippen LogP contribution is 2.17. The molecule has 2 amide bonds. The fraction of sp³-hybridized carbons (Fsp3) is 0.381. The van der Waals surface area contributed by atoms with Crippen LogP contribution in [0.4, 0.5) is 0 Å². The normalized spacial score (nSPS) is 14.9. The zero-order chi connectivity index (χ0) is 20.5. The maximum atomic E-state index is 12.7. The van der Waals surface area contributed by atoms with Crippen molar-refractivity contribution in [3.63, 3.8) is 0 Å². The Morgan fingerprint density at radius 3 is 2.38 bits per heavy atom. The van der Waals surface area contributed by atoms with Crippen LogP contribution in [0.5, 0.6) is 0 Å². The van der Waals surface area contributed by atoms with Crippen LogP contribution >= 0.6 is 0 Å². The zero-order valence-corrected chi connectivity index (χ0v) is 16.7. The van der Waals surface area contributed by atoms with Crippen molar-refractivity contribution >= 4 is 22.8 Å². The quantitative estimate of drug-likeness (QED) is 0.734. The van der Waals surface area contributed by atoms with Gasteiger partial charge in [0.15, 0.2) is 5.69 Å². The molecule has 0 bridgehead atoms. The van der Waals surface area contributed by atoms with Crippen LogP contribution < -0.4 is 5.32 Å². The topological polar surface area (TPSA) is 101 Å². The molecular formula is C21H23N5O3. The van der Waals surface area contributed by atoms with Gasteiger partial charge in [-0.25, -0.2) is 9.97 Å². The lowest BCUT2D eigenvalue weighted by Gasteiger charge is -2.31. The molecule has 0 radical (unpaired) electrons.